The van der Waals surface area contributed by atoms with E-state index >= 15 is 0 Å². The lowest BCUT2D eigenvalue weighted by Gasteiger charge is -2.50. The molecule has 1 fully saturated rings. The molecule has 0 radical (unpaired) electrons. The first-order valence-corrected chi connectivity index (χ1v) is 9.83. The molecule has 1 heterocycles. The number of nitrogens with zero attached hydrogens (tertiary/aromatic N) is 1. The van der Waals surface area contributed by atoms with Crippen LogP contribution in [0, 0.1) is 0 Å². The molecule has 0 N–H and O–H groups in total. The lowest BCUT2D eigenvalue weighted by molar-refractivity contribution is 0.0745. The number of rotatable bonds is 5. The van der Waals surface area contributed by atoms with Crippen LogP contribution < -0.4 is 0 Å². The molecule has 1 saturated heterocycles. The van der Waals surface area contributed by atoms with Crippen molar-refractivity contribution < 1.29 is 8.42 Å². The summed E-state index contributed by atoms with van der Waals surface area (Å²) in [7, 11) is -2.98. The molecule has 2 atom stereocenters. The predicted molar refractivity (Wildman–Crippen MR) is 94.1 cm³/mol. The zero-order valence-electron chi connectivity index (χ0n) is 13.6. The molecule has 0 aliphatic carbocycles. The molecule has 0 bridgehead atoms. The number of benzene rings is 2. The van der Waals surface area contributed by atoms with Gasteiger partial charge in [0.05, 0.1) is 11.3 Å². The average Bonchev–Trinajstić information content (AvgIpc) is 2.59. The lowest BCUT2D eigenvalue weighted by atomic mass is 9.91. The molecular formula is C19H23NO2S. The molecule has 0 spiro atoms. The van der Waals surface area contributed by atoms with Crippen molar-refractivity contribution in [2.45, 2.75) is 31.2 Å². The second-order valence-electron chi connectivity index (χ2n) is 6.15. The molecule has 4 heteroatoms. The van der Waals surface area contributed by atoms with Gasteiger partial charge >= 0.3 is 0 Å². The predicted octanol–water partition coefficient (Wildman–Crippen LogP) is 3.28. The van der Waals surface area contributed by atoms with Crippen molar-refractivity contribution in [2.24, 2.45) is 0 Å². The smallest absolute Gasteiger partial charge is 0.155 e. The fourth-order valence-corrected chi connectivity index (χ4v) is 5.00. The lowest BCUT2D eigenvalue weighted by Crippen LogP contribution is -2.62. The Kier molecular flexibility index (Phi) is 4.55. The second-order valence-corrected chi connectivity index (χ2v) is 8.66. The van der Waals surface area contributed by atoms with Crippen LogP contribution in [-0.2, 0) is 9.84 Å². The van der Waals surface area contributed by atoms with Gasteiger partial charge in [-0.3, -0.25) is 4.90 Å². The van der Waals surface area contributed by atoms with E-state index in [1.54, 1.807) is 6.92 Å². The van der Waals surface area contributed by atoms with Crippen LogP contribution in [0.3, 0.4) is 0 Å². The summed E-state index contributed by atoms with van der Waals surface area (Å²) in [5.41, 5.74) is 2.41. The summed E-state index contributed by atoms with van der Waals surface area (Å²) in [5, 5.41) is -0.248. The van der Waals surface area contributed by atoms with Gasteiger partial charge in [-0.05, 0) is 18.1 Å². The Morgan fingerprint density at radius 1 is 1.00 bits per heavy atom. The van der Waals surface area contributed by atoms with E-state index in [9.17, 15) is 8.42 Å². The van der Waals surface area contributed by atoms with Crippen molar-refractivity contribution in [2.75, 3.05) is 12.3 Å². The summed E-state index contributed by atoms with van der Waals surface area (Å²) in [4.78, 5) is 2.29. The maximum absolute atomic E-state index is 12.2. The largest absolute Gasteiger partial charge is 0.287 e. The summed E-state index contributed by atoms with van der Waals surface area (Å²) in [6.07, 6.45) is 0. The third kappa shape index (κ3) is 3.06. The molecule has 0 saturated carbocycles. The van der Waals surface area contributed by atoms with Gasteiger partial charge in [0.2, 0.25) is 0 Å². The molecule has 1 aliphatic rings. The van der Waals surface area contributed by atoms with Gasteiger partial charge in [-0.1, -0.05) is 67.6 Å². The van der Waals surface area contributed by atoms with Gasteiger partial charge in [0, 0.05) is 18.3 Å². The van der Waals surface area contributed by atoms with Crippen molar-refractivity contribution in [3.8, 4) is 0 Å². The minimum Gasteiger partial charge on any atom is -0.287 e. The number of hydrogen-bond acceptors (Lipinski definition) is 3. The fraction of sp³-hybridized carbons (Fsp3) is 0.368. The van der Waals surface area contributed by atoms with Crippen molar-refractivity contribution >= 4 is 9.84 Å². The molecule has 23 heavy (non-hydrogen) atoms. The Morgan fingerprint density at radius 2 is 1.48 bits per heavy atom. The Balaban J connectivity index is 1.93. The fourth-order valence-electron chi connectivity index (χ4n) is 3.42. The molecule has 3 rings (SSSR count). The summed E-state index contributed by atoms with van der Waals surface area (Å²) in [6, 6.07) is 20.8. The maximum Gasteiger partial charge on any atom is 0.155 e. The molecule has 1 aliphatic heterocycles. The molecule has 2 aromatic carbocycles. The quantitative estimate of drug-likeness (QED) is 0.845. The highest BCUT2D eigenvalue weighted by molar-refractivity contribution is 7.92. The van der Waals surface area contributed by atoms with Gasteiger partial charge in [-0.2, -0.15) is 0 Å². The number of hydrogen-bond donors (Lipinski definition) is 0. The Labute approximate surface area is 138 Å². The third-order valence-corrected chi connectivity index (χ3v) is 7.15. The summed E-state index contributed by atoms with van der Waals surface area (Å²) in [5.74, 6) is 0.219. The van der Waals surface area contributed by atoms with E-state index in [0.29, 0.717) is 6.54 Å². The normalized spacial score (nSPS) is 22.0. The average molecular weight is 329 g/mol. The molecule has 0 unspecified atom stereocenters. The first kappa shape index (κ1) is 16.2. The summed E-state index contributed by atoms with van der Waals surface area (Å²) >= 11 is 0. The van der Waals surface area contributed by atoms with Crippen molar-refractivity contribution in [1.82, 2.24) is 4.90 Å². The highest BCUT2D eigenvalue weighted by Crippen LogP contribution is 2.38. The van der Waals surface area contributed by atoms with Gasteiger partial charge in [0.25, 0.3) is 0 Å². The van der Waals surface area contributed by atoms with E-state index in [2.05, 4.69) is 29.2 Å². The zero-order valence-corrected chi connectivity index (χ0v) is 14.4. The van der Waals surface area contributed by atoms with E-state index in [1.807, 2.05) is 43.3 Å². The van der Waals surface area contributed by atoms with E-state index in [0.717, 1.165) is 0 Å². The van der Waals surface area contributed by atoms with Crippen LogP contribution in [0.25, 0.3) is 0 Å². The third-order valence-electron chi connectivity index (χ3n) is 4.88. The first-order chi connectivity index (χ1) is 11.0. The second kappa shape index (κ2) is 6.46. The van der Waals surface area contributed by atoms with Gasteiger partial charge in [0.15, 0.2) is 9.84 Å². The van der Waals surface area contributed by atoms with Gasteiger partial charge < -0.3 is 0 Å². The molecule has 0 aromatic heterocycles. The monoisotopic (exact) mass is 329 g/mol. The van der Waals surface area contributed by atoms with E-state index in [1.165, 1.54) is 11.1 Å². The van der Waals surface area contributed by atoms with Crippen LogP contribution in [0.2, 0.25) is 0 Å². The summed E-state index contributed by atoms with van der Waals surface area (Å²) < 4.78 is 24.4. The standard InChI is InChI=1S/C19H23NO2S/c1-3-23(21,22)18-14-20(15(18)2)19(16-10-6-4-7-11-16)17-12-8-5-9-13-17/h4-13,15,18-19H,3,14H2,1-2H3/t15-,18+/m1/s1. The SMILES string of the molecule is CCS(=O)(=O)[C@H]1CN(C(c2ccccc2)c2ccccc2)[C@@H]1C. The van der Waals surface area contributed by atoms with Gasteiger partial charge in [0.1, 0.15) is 0 Å². The Hall–Kier alpha value is -1.65. The molecular weight excluding hydrogens is 306 g/mol. The van der Waals surface area contributed by atoms with Gasteiger partial charge in [-0.15, -0.1) is 0 Å². The van der Waals surface area contributed by atoms with E-state index < -0.39 is 9.84 Å². The van der Waals surface area contributed by atoms with Crippen molar-refractivity contribution in [1.29, 1.82) is 0 Å². The van der Waals surface area contributed by atoms with Crippen molar-refractivity contribution in [3.63, 3.8) is 0 Å². The Morgan fingerprint density at radius 3 is 1.87 bits per heavy atom. The van der Waals surface area contributed by atoms with Crippen LogP contribution in [0.4, 0.5) is 0 Å². The first-order valence-electron chi connectivity index (χ1n) is 8.12. The van der Waals surface area contributed by atoms with Crippen LogP contribution >= 0.6 is 0 Å². The molecule has 122 valence electrons. The van der Waals surface area contributed by atoms with Crippen LogP contribution in [0.1, 0.15) is 31.0 Å². The van der Waals surface area contributed by atoms with Crippen LogP contribution in [-0.4, -0.2) is 36.9 Å². The van der Waals surface area contributed by atoms with E-state index in [4.69, 9.17) is 0 Å². The maximum atomic E-state index is 12.2. The van der Waals surface area contributed by atoms with E-state index in [-0.39, 0.29) is 23.1 Å². The number of sulfone groups is 1. The highest BCUT2D eigenvalue weighted by atomic mass is 32.2. The van der Waals surface area contributed by atoms with Crippen molar-refractivity contribution in [3.05, 3.63) is 71.8 Å². The number of likely N-dealkylation sites (tertiary alicyclic amines) is 1. The molecule has 3 nitrogen and oxygen atoms in total. The summed E-state index contributed by atoms with van der Waals surface area (Å²) in [6.45, 7) is 4.36. The van der Waals surface area contributed by atoms with Crippen LogP contribution in [0.5, 0.6) is 0 Å². The topological polar surface area (TPSA) is 37.4 Å². The Bertz CT molecular complexity index is 704. The molecule has 0 amide bonds. The minimum atomic E-state index is -2.98. The highest BCUT2D eigenvalue weighted by Gasteiger charge is 2.46. The van der Waals surface area contributed by atoms with Gasteiger partial charge in [-0.25, -0.2) is 8.42 Å². The minimum absolute atomic E-state index is 0.0327. The zero-order chi connectivity index (χ0) is 16.4. The van der Waals surface area contributed by atoms with Crippen LogP contribution in [0.15, 0.2) is 60.7 Å². The molecule has 2 aromatic rings.